The molecule has 2 aromatic carbocycles. The molecular weight excluding hydrogens is 370 g/mol. The summed E-state index contributed by atoms with van der Waals surface area (Å²) in [5.74, 6) is 0.0538. The molecule has 1 unspecified atom stereocenters. The second-order valence-corrected chi connectivity index (χ2v) is 9.41. The van der Waals surface area contributed by atoms with Crippen LogP contribution in [-0.2, 0) is 4.79 Å². The lowest BCUT2D eigenvalue weighted by atomic mass is 10.2. The summed E-state index contributed by atoms with van der Waals surface area (Å²) in [6.07, 6.45) is 0. The Balaban J connectivity index is 1.70. The van der Waals surface area contributed by atoms with Crippen LogP contribution in [0.3, 0.4) is 0 Å². The molecule has 1 amide bonds. The lowest BCUT2D eigenvalue weighted by Gasteiger charge is -2.32. The van der Waals surface area contributed by atoms with Gasteiger partial charge in [0.2, 0.25) is 5.91 Å². The summed E-state index contributed by atoms with van der Waals surface area (Å²) in [7, 11) is 0. The number of carbonyl (C=O) groups excluding carboxylic acids is 1. The van der Waals surface area contributed by atoms with Crippen molar-refractivity contribution < 1.29 is 4.79 Å². The van der Waals surface area contributed by atoms with E-state index >= 15 is 0 Å². The van der Waals surface area contributed by atoms with Crippen LogP contribution in [0.4, 0.5) is 11.4 Å². The second-order valence-electron chi connectivity index (χ2n) is 5.56. The van der Waals surface area contributed by atoms with E-state index in [1.165, 1.54) is 23.1 Å². The number of aryl methyl sites for hydroxylation is 1. The highest BCUT2D eigenvalue weighted by molar-refractivity contribution is 8.02. The third-order valence-electron chi connectivity index (χ3n) is 3.79. The van der Waals surface area contributed by atoms with Crippen molar-refractivity contribution in [2.24, 2.45) is 0 Å². The number of nitrogens with zero attached hydrogens (tertiary/aromatic N) is 3. The number of aromatic nitrogens is 2. The molecule has 1 aliphatic heterocycles. The number of benzene rings is 2. The third-order valence-corrected chi connectivity index (χ3v) is 6.93. The van der Waals surface area contributed by atoms with Crippen molar-refractivity contribution in [3.63, 3.8) is 0 Å². The summed E-state index contributed by atoms with van der Waals surface area (Å²) >= 11 is 4.68. The van der Waals surface area contributed by atoms with Crippen LogP contribution in [0.2, 0.25) is 0 Å². The highest BCUT2D eigenvalue weighted by atomic mass is 32.2. The Morgan fingerprint density at radius 2 is 1.64 bits per heavy atom. The van der Waals surface area contributed by atoms with E-state index in [4.69, 9.17) is 0 Å². The highest BCUT2D eigenvalue weighted by Crippen LogP contribution is 2.48. The van der Waals surface area contributed by atoms with Gasteiger partial charge in [-0.3, -0.25) is 9.69 Å². The molecule has 0 N–H and O–H groups in total. The van der Waals surface area contributed by atoms with Gasteiger partial charge in [0, 0.05) is 9.79 Å². The first-order valence-electron chi connectivity index (χ1n) is 7.80. The fourth-order valence-electron chi connectivity index (χ4n) is 2.65. The van der Waals surface area contributed by atoms with E-state index in [1.54, 1.807) is 11.8 Å². The van der Waals surface area contributed by atoms with E-state index in [-0.39, 0.29) is 11.2 Å². The van der Waals surface area contributed by atoms with Crippen molar-refractivity contribution in [1.29, 1.82) is 0 Å². The highest BCUT2D eigenvalue weighted by Gasteiger charge is 2.31. The minimum absolute atomic E-state index is 0.0538. The molecule has 4 nitrogen and oxygen atoms in total. The molecule has 0 aliphatic carbocycles. The zero-order valence-corrected chi connectivity index (χ0v) is 16.1. The van der Waals surface area contributed by atoms with Gasteiger partial charge in [-0.25, -0.2) is 0 Å². The minimum Gasteiger partial charge on any atom is -0.278 e. The van der Waals surface area contributed by atoms with Crippen molar-refractivity contribution in [1.82, 2.24) is 10.2 Å². The topological polar surface area (TPSA) is 46.1 Å². The summed E-state index contributed by atoms with van der Waals surface area (Å²) in [4.78, 5) is 17.3. The Morgan fingerprint density at radius 1 is 1.04 bits per heavy atom. The van der Waals surface area contributed by atoms with Crippen molar-refractivity contribution in [3.05, 3.63) is 53.5 Å². The Morgan fingerprint density at radius 3 is 2.20 bits per heavy atom. The number of hydrogen-bond donors (Lipinski definition) is 0. The van der Waals surface area contributed by atoms with Gasteiger partial charge in [0.25, 0.3) is 0 Å². The van der Waals surface area contributed by atoms with Crippen LogP contribution in [0.15, 0.2) is 62.7 Å². The van der Waals surface area contributed by atoms with E-state index in [9.17, 15) is 4.79 Å². The molecule has 25 heavy (non-hydrogen) atoms. The van der Waals surface area contributed by atoms with Gasteiger partial charge in [-0.1, -0.05) is 59.1 Å². The molecule has 0 spiro atoms. The van der Waals surface area contributed by atoms with Crippen LogP contribution in [0, 0.1) is 6.92 Å². The van der Waals surface area contributed by atoms with Crippen LogP contribution in [0.5, 0.6) is 0 Å². The summed E-state index contributed by atoms with van der Waals surface area (Å²) in [5.41, 5.74) is 1.88. The molecule has 7 heteroatoms. The number of fused-ring (bicyclic) bond motifs is 2. The molecule has 1 aliphatic rings. The van der Waals surface area contributed by atoms with Crippen molar-refractivity contribution in [3.8, 4) is 0 Å². The molecule has 126 valence electrons. The lowest BCUT2D eigenvalue weighted by molar-refractivity contribution is -0.117. The van der Waals surface area contributed by atoms with Crippen molar-refractivity contribution >= 4 is 52.1 Å². The normalized spacial score (nSPS) is 13.9. The Bertz CT molecular complexity index is 895. The molecule has 0 saturated heterocycles. The van der Waals surface area contributed by atoms with Gasteiger partial charge in [0.15, 0.2) is 4.34 Å². The first-order valence-corrected chi connectivity index (χ1v) is 10.3. The number of carbonyl (C=O) groups is 1. The van der Waals surface area contributed by atoms with Crippen LogP contribution < -0.4 is 4.90 Å². The van der Waals surface area contributed by atoms with Gasteiger partial charge >= 0.3 is 0 Å². The largest absolute Gasteiger partial charge is 0.278 e. The smallest absolute Gasteiger partial charge is 0.244 e. The number of amides is 1. The molecular formula is C18H15N3OS3. The Kier molecular flexibility index (Phi) is 4.54. The Hall–Kier alpha value is -1.83. The van der Waals surface area contributed by atoms with Gasteiger partial charge in [0.05, 0.1) is 16.6 Å². The van der Waals surface area contributed by atoms with Crippen LogP contribution in [-0.4, -0.2) is 21.4 Å². The van der Waals surface area contributed by atoms with Crippen LogP contribution >= 0.6 is 34.9 Å². The maximum atomic E-state index is 13.3. The van der Waals surface area contributed by atoms with Crippen molar-refractivity contribution in [2.45, 2.75) is 33.2 Å². The average Bonchev–Trinajstić information content (AvgIpc) is 3.03. The summed E-state index contributed by atoms with van der Waals surface area (Å²) in [6.45, 7) is 3.85. The van der Waals surface area contributed by atoms with Crippen LogP contribution in [0.25, 0.3) is 0 Å². The zero-order chi connectivity index (χ0) is 17.4. The SMILES string of the molecule is Cc1nnc(SC(C)C(=O)N2c3ccccc3Sc3ccccc32)s1. The van der Waals surface area contributed by atoms with Gasteiger partial charge in [-0.05, 0) is 38.1 Å². The summed E-state index contributed by atoms with van der Waals surface area (Å²) in [5, 5.41) is 8.82. The molecule has 1 aromatic heterocycles. The fourth-order valence-corrected chi connectivity index (χ4v) is 5.71. The Labute approximate surface area is 158 Å². The molecule has 4 rings (SSSR count). The van der Waals surface area contributed by atoms with E-state index in [0.29, 0.717) is 0 Å². The van der Waals surface area contributed by atoms with E-state index in [1.807, 2.05) is 55.1 Å². The number of para-hydroxylation sites is 2. The first kappa shape index (κ1) is 16.6. The van der Waals surface area contributed by atoms with Gasteiger partial charge in [0.1, 0.15) is 5.01 Å². The second kappa shape index (κ2) is 6.82. The fraction of sp³-hybridized carbons (Fsp3) is 0.167. The standard InChI is InChI=1S/C18H15N3OS3/c1-11(23-18-20-19-12(2)24-18)17(22)21-13-7-3-5-9-15(13)25-16-10-6-4-8-14(16)21/h3-11H,1-2H3. The number of rotatable bonds is 3. The van der Waals surface area contributed by atoms with Crippen molar-refractivity contribution in [2.75, 3.05) is 4.90 Å². The predicted octanol–water partition coefficient (Wildman–Crippen LogP) is 5.16. The number of anilines is 2. The van der Waals surface area contributed by atoms with Gasteiger partial charge in [-0.2, -0.15) is 0 Å². The van der Waals surface area contributed by atoms with E-state index in [2.05, 4.69) is 22.3 Å². The molecule has 0 bridgehead atoms. The molecule has 0 radical (unpaired) electrons. The van der Waals surface area contributed by atoms with Gasteiger partial charge in [-0.15, -0.1) is 10.2 Å². The van der Waals surface area contributed by atoms with E-state index < -0.39 is 0 Å². The number of thioether (sulfide) groups is 1. The molecule has 0 saturated carbocycles. The molecule has 0 fully saturated rings. The predicted molar refractivity (Wildman–Crippen MR) is 104 cm³/mol. The van der Waals surface area contributed by atoms with E-state index in [0.717, 1.165) is 30.5 Å². The maximum absolute atomic E-state index is 13.3. The monoisotopic (exact) mass is 385 g/mol. The molecule has 3 aromatic rings. The average molecular weight is 386 g/mol. The number of hydrogen-bond acceptors (Lipinski definition) is 6. The lowest BCUT2D eigenvalue weighted by Crippen LogP contribution is -2.34. The maximum Gasteiger partial charge on any atom is 0.244 e. The summed E-state index contributed by atoms with van der Waals surface area (Å²) in [6, 6.07) is 16.1. The summed E-state index contributed by atoms with van der Waals surface area (Å²) < 4.78 is 0.825. The molecule has 2 heterocycles. The third kappa shape index (κ3) is 3.19. The minimum atomic E-state index is -0.253. The van der Waals surface area contributed by atoms with Crippen LogP contribution in [0.1, 0.15) is 11.9 Å². The van der Waals surface area contributed by atoms with Gasteiger partial charge < -0.3 is 0 Å². The first-order chi connectivity index (χ1) is 12.1. The molecule has 1 atom stereocenters. The quantitative estimate of drug-likeness (QED) is 0.583. The zero-order valence-electron chi connectivity index (χ0n) is 13.7.